The molecule has 2 heterocycles. The lowest BCUT2D eigenvalue weighted by Crippen LogP contribution is -2.42. The van der Waals surface area contributed by atoms with E-state index in [1.165, 1.54) is 50.2 Å². The highest BCUT2D eigenvalue weighted by Crippen LogP contribution is 2.37. The molecule has 2 N–H and O–H groups in total. The van der Waals surface area contributed by atoms with Gasteiger partial charge in [0.2, 0.25) is 12.7 Å². The van der Waals surface area contributed by atoms with Crippen molar-refractivity contribution >= 4 is 29.3 Å². The summed E-state index contributed by atoms with van der Waals surface area (Å²) < 4.78 is 23.7. The molecule has 0 aliphatic carbocycles. The molecule has 2 aliphatic rings. The van der Waals surface area contributed by atoms with Crippen LogP contribution in [0.4, 0.5) is 14.9 Å². The first-order chi connectivity index (χ1) is 14.7. The number of imide groups is 1. The van der Waals surface area contributed by atoms with Gasteiger partial charge in [0.15, 0.2) is 17.3 Å². The molecular weight excluding hydrogens is 409 g/mol. The number of carbonyl (C=O) groups is 4. The highest BCUT2D eigenvalue weighted by molar-refractivity contribution is 6.11. The Morgan fingerprint density at radius 1 is 1.16 bits per heavy atom. The van der Waals surface area contributed by atoms with E-state index < -0.39 is 35.7 Å². The highest BCUT2D eigenvalue weighted by atomic mass is 19.1. The Hall–Kier alpha value is -3.95. The van der Waals surface area contributed by atoms with Gasteiger partial charge in [-0.1, -0.05) is 12.1 Å². The quantitative estimate of drug-likeness (QED) is 0.558. The Bertz CT molecular complexity index is 1120. The maximum atomic E-state index is 13.2. The standard InChI is InChI=1S/C21H18FN3O6/c1-11(26)14-7-16-17(31-10-30-16)8-15(14)23-18(27)9-25-19(28)21(2,24-20(25)29)12-3-5-13(22)6-4-12/h3-8H,9-10H2,1-2H3,(H,23,27)(H,24,29). The van der Waals surface area contributed by atoms with Gasteiger partial charge in [0.05, 0.1) is 5.69 Å². The van der Waals surface area contributed by atoms with Gasteiger partial charge in [-0.2, -0.15) is 0 Å². The first-order valence-electron chi connectivity index (χ1n) is 9.33. The molecule has 1 fully saturated rings. The molecule has 1 unspecified atom stereocenters. The van der Waals surface area contributed by atoms with E-state index in [0.717, 1.165) is 4.90 Å². The maximum Gasteiger partial charge on any atom is 0.325 e. The molecule has 10 heteroatoms. The van der Waals surface area contributed by atoms with Crippen LogP contribution in [0.15, 0.2) is 36.4 Å². The molecule has 4 amide bonds. The van der Waals surface area contributed by atoms with Crippen LogP contribution in [-0.4, -0.2) is 41.9 Å². The Kier molecular flexibility index (Phi) is 4.84. The lowest BCUT2D eigenvalue weighted by molar-refractivity contribution is -0.133. The van der Waals surface area contributed by atoms with Gasteiger partial charge in [0, 0.05) is 11.6 Å². The Morgan fingerprint density at radius 2 is 1.81 bits per heavy atom. The van der Waals surface area contributed by atoms with Crippen LogP contribution in [0.5, 0.6) is 11.5 Å². The van der Waals surface area contributed by atoms with E-state index in [1.54, 1.807) is 0 Å². The number of ether oxygens (including phenoxy) is 2. The van der Waals surface area contributed by atoms with Crippen molar-refractivity contribution in [1.29, 1.82) is 0 Å². The number of rotatable bonds is 5. The van der Waals surface area contributed by atoms with Crippen molar-refractivity contribution in [3.8, 4) is 11.5 Å². The van der Waals surface area contributed by atoms with Crippen LogP contribution in [-0.2, 0) is 15.1 Å². The number of amides is 4. The molecule has 1 atom stereocenters. The van der Waals surface area contributed by atoms with E-state index in [1.807, 2.05) is 0 Å². The number of fused-ring (bicyclic) bond motifs is 1. The number of anilines is 1. The van der Waals surface area contributed by atoms with Crippen molar-refractivity contribution in [3.63, 3.8) is 0 Å². The molecule has 0 spiro atoms. The predicted molar refractivity (Wildman–Crippen MR) is 105 cm³/mol. The van der Waals surface area contributed by atoms with Gasteiger partial charge >= 0.3 is 6.03 Å². The molecule has 0 saturated carbocycles. The lowest BCUT2D eigenvalue weighted by atomic mass is 9.92. The number of halogens is 1. The zero-order chi connectivity index (χ0) is 22.3. The second-order valence-corrected chi connectivity index (χ2v) is 7.31. The Morgan fingerprint density at radius 3 is 2.45 bits per heavy atom. The number of benzene rings is 2. The largest absolute Gasteiger partial charge is 0.454 e. The zero-order valence-corrected chi connectivity index (χ0v) is 16.7. The van der Waals surface area contributed by atoms with Gasteiger partial charge in [-0.15, -0.1) is 0 Å². The second-order valence-electron chi connectivity index (χ2n) is 7.31. The number of carbonyl (C=O) groups excluding carboxylic acids is 4. The van der Waals surface area contributed by atoms with E-state index in [4.69, 9.17) is 9.47 Å². The molecule has 2 aromatic carbocycles. The minimum atomic E-state index is -1.44. The fourth-order valence-electron chi connectivity index (χ4n) is 3.49. The number of urea groups is 1. The van der Waals surface area contributed by atoms with E-state index >= 15 is 0 Å². The summed E-state index contributed by atoms with van der Waals surface area (Å²) in [5.74, 6) is -1.39. The maximum absolute atomic E-state index is 13.2. The molecule has 0 radical (unpaired) electrons. The summed E-state index contributed by atoms with van der Waals surface area (Å²) in [6.45, 7) is 2.23. The van der Waals surface area contributed by atoms with Gasteiger partial charge in [-0.25, -0.2) is 9.18 Å². The van der Waals surface area contributed by atoms with Gasteiger partial charge in [0.1, 0.15) is 17.9 Å². The normalized spacial score (nSPS) is 19.4. The third-order valence-electron chi connectivity index (χ3n) is 5.16. The lowest BCUT2D eigenvalue weighted by Gasteiger charge is -2.22. The first kappa shape index (κ1) is 20.3. The molecule has 4 rings (SSSR count). The van der Waals surface area contributed by atoms with Crippen molar-refractivity contribution in [3.05, 3.63) is 53.3 Å². The minimum absolute atomic E-state index is 0.00546. The Balaban J connectivity index is 1.53. The summed E-state index contributed by atoms with van der Waals surface area (Å²) in [6.07, 6.45) is 0. The zero-order valence-electron chi connectivity index (χ0n) is 16.7. The molecule has 1 saturated heterocycles. The van der Waals surface area contributed by atoms with Crippen LogP contribution in [0.1, 0.15) is 29.8 Å². The van der Waals surface area contributed by atoms with E-state index in [0.29, 0.717) is 17.1 Å². The molecule has 160 valence electrons. The van der Waals surface area contributed by atoms with Crippen LogP contribution in [0.25, 0.3) is 0 Å². The van der Waals surface area contributed by atoms with Crippen molar-refractivity contribution < 1.29 is 33.0 Å². The monoisotopic (exact) mass is 427 g/mol. The molecular formula is C21H18FN3O6. The summed E-state index contributed by atoms with van der Waals surface area (Å²) in [7, 11) is 0. The van der Waals surface area contributed by atoms with Gasteiger partial charge in [0.25, 0.3) is 5.91 Å². The topological polar surface area (TPSA) is 114 Å². The van der Waals surface area contributed by atoms with Crippen molar-refractivity contribution in [1.82, 2.24) is 10.2 Å². The van der Waals surface area contributed by atoms with Crippen LogP contribution >= 0.6 is 0 Å². The summed E-state index contributed by atoms with van der Waals surface area (Å²) in [6, 6.07) is 7.29. The number of nitrogens with zero attached hydrogens (tertiary/aromatic N) is 1. The molecule has 0 aromatic heterocycles. The number of ketones is 1. The van der Waals surface area contributed by atoms with Crippen LogP contribution in [0.2, 0.25) is 0 Å². The van der Waals surface area contributed by atoms with Gasteiger partial charge in [-0.05, 0) is 37.6 Å². The van der Waals surface area contributed by atoms with Crippen LogP contribution < -0.4 is 20.1 Å². The SMILES string of the molecule is CC(=O)c1cc2c(cc1NC(=O)CN1C(=O)NC(C)(c3ccc(F)cc3)C1=O)OCO2. The van der Waals surface area contributed by atoms with E-state index in [-0.39, 0.29) is 23.8 Å². The average molecular weight is 427 g/mol. The van der Waals surface area contributed by atoms with Crippen LogP contribution in [0, 0.1) is 5.82 Å². The minimum Gasteiger partial charge on any atom is -0.454 e. The smallest absolute Gasteiger partial charge is 0.325 e. The molecule has 2 aromatic rings. The molecule has 0 bridgehead atoms. The summed E-state index contributed by atoms with van der Waals surface area (Å²) in [5.41, 5.74) is -0.681. The third-order valence-corrected chi connectivity index (χ3v) is 5.16. The summed E-state index contributed by atoms with van der Waals surface area (Å²) in [5, 5.41) is 5.09. The van der Waals surface area contributed by atoms with E-state index in [9.17, 15) is 23.6 Å². The van der Waals surface area contributed by atoms with E-state index in [2.05, 4.69) is 10.6 Å². The van der Waals surface area contributed by atoms with Gasteiger partial charge in [-0.3, -0.25) is 19.3 Å². The number of hydrogen-bond donors (Lipinski definition) is 2. The number of hydrogen-bond acceptors (Lipinski definition) is 6. The fraction of sp³-hybridized carbons (Fsp3) is 0.238. The number of nitrogens with one attached hydrogen (secondary N) is 2. The summed E-state index contributed by atoms with van der Waals surface area (Å²) >= 11 is 0. The molecule has 9 nitrogen and oxygen atoms in total. The highest BCUT2D eigenvalue weighted by Gasteiger charge is 2.49. The van der Waals surface area contributed by atoms with Crippen LogP contribution in [0.3, 0.4) is 0 Å². The van der Waals surface area contributed by atoms with Gasteiger partial charge < -0.3 is 20.1 Å². The molecule has 2 aliphatic heterocycles. The van der Waals surface area contributed by atoms with Crippen molar-refractivity contribution in [2.45, 2.75) is 19.4 Å². The molecule has 31 heavy (non-hydrogen) atoms. The van der Waals surface area contributed by atoms with Crippen molar-refractivity contribution in [2.75, 3.05) is 18.7 Å². The number of Topliss-reactive ketones (excluding diaryl/α,β-unsaturated/α-hetero) is 1. The second kappa shape index (κ2) is 7.38. The van der Waals surface area contributed by atoms with Crippen molar-refractivity contribution in [2.24, 2.45) is 0 Å². The summed E-state index contributed by atoms with van der Waals surface area (Å²) in [4.78, 5) is 50.7. The Labute approximate surface area is 176 Å². The first-order valence-corrected chi connectivity index (χ1v) is 9.33. The average Bonchev–Trinajstić information content (AvgIpc) is 3.26. The predicted octanol–water partition coefficient (Wildman–Crippen LogP) is 2.16. The fourth-order valence-corrected chi connectivity index (χ4v) is 3.49. The third kappa shape index (κ3) is 3.56.